The maximum absolute atomic E-state index is 10.8. The van der Waals surface area contributed by atoms with Crippen LogP contribution in [0.4, 0.5) is 5.69 Å². The molecule has 0 atom stereocenters. The second kappa shape index (κ2) is 4.75. The second-order valence-corrected chi connectivity index (χ2v) is 4.39. The average Bonchev–Trinajstić information content (AvgIpc) is 2.90. The van der Waals surface area contributed by atoms with Crippen LogP contribution < -0.4 is 0 Å². The number of nitro groups is 1. The van der Waals surface area contributed by atoms with Crippen molar-refractivity contribution in [3.63, 3.8) is 0 Å². The van der Waals surface area contributed by atoms with Crippen LogP contribution in [0.1, 0.15) is 5.56 Å². The summed E-state index contributed by atoms with van der Waals surface area (Å²) in [6, 6.07) is 9.95. The molecule has 20 heavy (non-hydrogen) atoms. The van der Waals surface area contributed by atoms with E-state index in [9.17, 15) is 10.1 Å². The molecule has 2 heterocycles. The Balaban J connectivity index is 2.10. The number of aliphatic hydroxyl groups is 1. The summed E-state index contributed by atoms with van der Waals surface area (Å²) in [4.78, 5) is 14.8. The van der Waals surface area contributed by atoms with Crippen molar-refractivity contribution < 1.29 is 10.0 Å². The number of hydrogen-bond donors (Lipinski definition) is 1. The number of benzene rings is 1. The molecule has 2 aromatic heterocycles. The van der Waals surface area contributed by atoms with E-state index in [1.54, 1.807) is 41.1 Å². The Morgan fingerprint density at radius 3 is 2.85 bits per heavy atom. The van der Waals surface area contributed by atoms with Crippen molar-refractivity contribution >= 4 is 11.3 Å². The topological polar surface area (TPSA) is 80.7 Å². The van der Waals surface area contributed by atoms with E-state index in [0.29, 0.717) is 11.3 Å². The number of nitro benzene ring substituents is 1. The van der Waals surface area contributed by atoms with Gasteiger partial charge in [0.05, 0.1) is 17.2 Å². The van der Waals surface area contributed by atoms with Crippen molar-refractivity contribution in [1.29, 1.82) is 0 Å². The first-order valence-electron chi connectivity index (χ1n) is 6.01. The van der Waals surface area contributed by atoms with E-state index in [1.807, 2.05) is 0 Å². The summed E-state index contributed by atoms with van der Waals surface area (Å²) in [5.41, 5.74) is 2.89. The maximum atomic E-state index is 10.8. The zero-order chi connectivity index (χ0) is 14.1. The Bertz CT molecular complexity index is 795. The fourth-order valence-corrected chi connectivity index (χ4v) is 2.05. The highest BCUT2D eigenvalue weighted by Gasteiger charge is 2.10. The molecule has 0 aliphatic carbocycles. The Morgan fingerprint density at radius 2 is 2.10 bits per heavy atom. The molecule has 3 rings (SSSR count). The van der Waals surface area contributed by atoms with Crippen LogP contribution >= 0.6 is 0 Å². The predicted molar refractivity (Wildman–Crippen MR) is 73.2 cm³/mol. The van der Waals surface area contributed by atoms with Gasteiger partial charge in [0.1, 0.15) is 5.65 Å². The molecular weight excluding hydrogens is 258 g/mol. The SMILES string of the molecule is O=[N+]([O-])c1cccc(-c2cn3cc(CO)ccc3n2)c1. The summed E-state index contributed by atoms with van der Waals surface area (Å²) < 4.78 is 1.79. The molecule has 0 saturated carbocycles. The summed E-state index contributed by atoms with van der Waals surface area (Å²) in [5.74, 6) is 0. The van der Waals surface area contributed by atoms with Crippen LogP contribution in [0.3, 0.4) is 0 Å². The molecule has 0 spiro atoms. The van der Waals surface area contributed by atoms with Crippen LogP contribution in [-0.4, -0.2) is 19.4 Å². The summed E-state index contributed by atoms with van der Waals surface area (Å²) in [6.07, 6.45) is 3.57. The summed E-state index contributed by atoms with van der Waals surface area (Å²) in [7, 11) is 0. The molecule has 0 unspecified atom stereocenters. The molecule has 0 amide bonds. The number of aliphatic hydroxyl groups excluding tert-OH is 1. The number of hydrogen-bond acceptors (Lipinski definition) is 4. The highest BCUT2D eigenvalue weighted by Crippen LogP contribution is 2.23. The van der Waals surface area contributed by atoms with Gasteiger partial charge in [0.15, 0.2) is 0 Å². The monoisotopic (exact) mass is 269 g/mol. The zero-order valence-electron chi connectivity index (χ0n) is 10.4. The van der Waals surface area contributed by atoms with Crippen LogP contribution in [0.25, 0.3) is 16.9 Å². The highest BCUT2D eigenvalue weighted by molar-refractivity contribution is 5.65. The normalized spacial score (nSPS) is 10.8. The summed E-state index contributed by atoms with van der Waals surface area (Å²) in [6.45, 7) is -0.0414. The van der Waals surface area contributed by atoms with Gasteiger partial charge in [-0.25, -0.2) is 4.98 Å². The van der Waals surface area contributed by atoms with Gasteiger partial charge in [0, 0.05) is 30.1 Å². The molecule has 0 saturated heterocycles. The van der Waals surface area contributed by atoms with E-state index in [-0.39, 0.29) is 12.3 Å². The molecule has 0 radical (unpaired) electrons. The Morgan fingerprint density at radius 1 is 1.25 bits per heavy atom. The van der Waals surface area contributed by atoms with Gasteiger partial charge in [0.2, 0.25) is 0 Å². The van der Waals surface area contributed by atoms with Crippen molar-refractivity contribution in [3.05, 3.63) is 64.5 Å². The van der Waals surface area contributed by atoms with Gasteiger partial charge in [-0.3, -0.25) is 10.1 Å². The summed E-state index contributed by atoms with van der Waals surface area (Å²) in [5, 5.41) is 19.9. The van der Waals surface area contributed by atoms with Crippen molar-refractivity contribution in [1.82, 2.24) is 9.38 Å². The van der Waals surface area contributed by atoms with Gasteiger partial charge >= 0.3 is 0 Å². The second-order valence-electron chi connectivity index (χ2n) is 4.39. The van der Waals surface area contributed by atoms with Crippen molar-refractivity contribution in [3.8, 4) is 11.3 Å². The van der Waals surface area contributed by atoms with Crippen LogP contribution in [-0.2, 0) is 6.61 Å². The molecule has 1 aromatic carbocycles. The van der Waals surface area contributed by atoms with Crippen LogP contribution in [0, 0.1) is 10.1 Å². The van der Waals surface area contributed by atoms with E-state index in [0.717, 1.165) is 11.2 Å². The number of non-ortho nitro benzene ring substituents is 1. The van der Waals surface area contributed by atoms with E-state index < -0.39 is 4.92 Å². The Hall–Kier alpha value is -2.73. The van der Waals surface area contributed by atoms with E-state index in [4.69, 9.17) is 5.11 Å². The minimum absolute atomic E-state index is 0.0376. The van der Waals surface area contributed by atoms with Crippen molar-refractivity contribution in [2.75, 3.05) is 0 Å². The lowest BCUT2D eigenvalue weighted by Crippen LogP contribution is -1.88. The maximum Gasteiger partial charge on any atom is 0.270 e. The fourth-order valence-electron chi connectivity index (χ4n) is 2.05. The molecule has 1 N–H and O–H groups in total. The number of imidazole rings is 1. The van der Waals surface area contributed by atoms with Gasteiger partial charge < -0.3 is 9.51 Å². The molecule has 6 heteroatoms. The van der Waals surface area contributed by atoms with E-state index >= 15 is 0 Å². The fraction of sp³-hybridized carbons (Fsp3) is 0.0714. The van der Waals surface area contributed by atoms with Crippen LogP contribution in [0.2, 0.25) is 0 Å². The largest absolute Gasteiger partial charge is 0.392 e. The van der Waals surface area contributed by atoms with E-state index in [2.05, 4.69) is 4.98 Å². The Labute approximate surface area is 114 Å². The number of nitrogens with zero attached hydrogens (tertiary/aromatic N) is 3. The van der Waals surface area contributed by atoms with Crippen molar-refractivity contribution in [2.24, 2.45) is 0 Å². The molecule has 0 bridgehead atoms. The Kier molecular flexibility index (Phi) is 2.92. The number of pyridine rings is 1. The van der Waals surface area contributed by atoms with Crippen molar-refractivity contribution in [2.45, 2.75) is 6.61 Å². The lowest BCUT2D eigenvalue weighted by Gasteiger charge is -1.96. The minimum atomic E-state index is -0.427. The van der Waals surface area contributed by atoms with Gasteiger partial charge in [-0.2, -0.15) is 0 Å². The summed E-state index contributed by atoms with van der Waals surface area (Å²) >= 11 is 0. The molecule has 100 valence electrons. The molecule has 0 aliphatic heterocycles. The van der Waals surface area contributed by atoms with Crippen LogP contribution in [0.5, 0.6) is 0 Å². The smallest absolute Gasteiger partial charge is 0.270 e. The van der Waals surface area contributed by atoms with E-state index in [1.165, 1.54) is 12.1 Å². The molecule has 3 aromatic rings. The van der Waals surface area contributed by atoms with Gasteiger partial charge in [0.25, 0.3) is 5.69 Å². The molecule has 0 fully saturated rings. The number of fused-ring (bicyclic) bond motifs is 1. The van der Waals surface area contributed by atoms with Gasteiger partial charge in [-0.1, -0.05) is 18.2 Å². The first-order valence-corrected chi connectivity index (χ1v) is 6.01. The minimum Gasteiger partial charge on any atom is -0.392 e. The van der Waals surface area contributed by atoms with Gasteiger partial charge in [-0.05, 0) is 11.6 Å². The number of aromatic nitrogens is 2. The zero-order valence-corrected chi connectivity index (χ0v) is 10.4. The molecule has 6 nitrogen and oxygen atoms in total. The van der Waals surface area contributed by atoms with Gasteiger partial charge in [-0.15, -0.1) is 0 Å². The third-order valence-corrected chi connectivity index (χ3v) is 3.05. The standard InChI is InChI=1S/C14H11N3O3/c18-9-10-4-5-14-15-13(8-16(14)7-10)11-2-1-3-12(6-11)17(19)20/h1-8,18H,9H2. The van der Waals surface area contributed by atoms with Crippen LogP contribution in [0.15, 0.2) is 48.8 Å². The number of rotatable bonds is 3. The first kappa shape index (κ1) is 12.3. The molecular formula is C14H11N3O3. The highest BCUT2D eigenvalue weighted by atomic mass is 16.6. The predicted octanol–water partition coefficient (Wildman–Crippen LogP) is 2.40. The quantitative estimate of drug-likeness (QED) is 0.584. The molecule has 0 aliphatic rings. The lowest BCUT2D eigenvalue weighted by atomic mass is 10.1. The lowest BCUT2D eigenvalue weighted by molar-refractivity contribution is -0.384. The first-order chi connectivity index (χ1) is 9.67. The third kappa shape index (κ3) is 2.12. The average molecular weight is 269 g/mol. The third-order valence-electron chi connectivity index (χ3n) is 3.05.